The summed E-state index contributed by atoms with van der Waals surface area (Å²) in [5, 5.41) is 3.02. The lowest BCUT2D eigenvalue weighted by molar-refractivity contribution is -0.140. The molecule has 3 aromatic rings. The van der Waals surface area contributed by atoms with Crippen LogP contribution in [0.4, 0.5) is 0 Å². The van der Waals surface area contributed by atoms with Gasteiger partial charge in [-0.25, -0.2) is 0 Å². The molecular weight excluding hydrogens is 476 g/mol. The SMILES string of the molecule is CCCNC(=O)[C@H](Cc1ccccc1)N(Cc1ccc(Br)cc1)C(=O)Cc1ccccc1C. The highest BCUT2D eigenvalue weighted by atomic mass is 79.9. The molecule has 1 atom stereocenters. The summed E-state index contributed by atoms with van der Waals surface area (Å²) in [6, 6.07) is 25.1. The Morgan fingerprint density at radius 2 is 1.58 bits per heavy atom. The zero-order chi connectivity index (χ0) is 23.6. The minimum atomic E-state index is -0.598. The fourth-order valence-corrected chi connectivity index (χ4v) is 4.04. The summed E-state index contributed by atoms with van der Waals surface area (Å²) in [6.07, 6.45) is 1.57. The van der Waals surface area contributed by atoms with Crippen LogP contribution in [0.2, 0.25) is 0 Å². The largest absolute Gasteiger partial charge is 0.354 e. The molecule has 0 aromatic heterocycles. The summed E-state index contributed by atoms with van der Waals surface area (Å²) in [6.45, 7) is 4.99. The van der Waals surface area contributed by atoms with Crippen LogP contribution in [0.1, 0.15) is 35.6 Å². The Hall–Kier alpha value is -2.92. The third kappa shape index (κ3) is 7.29. The minimum absolute atomic E-state index is 0.0557. The summed E-state index contributed by atoms with van der Waals surface area (Å²) in [5.41, 5.74) is 4.07. The summed E-state index contributed by atoms with van der Waals surface area (Å²) in [4.78, 5) is 28.7. The fraction of sp³-hybridized carbons (Fsp3) is 0.286. The van der Waals surface area contributed by atoms with E-state index in [4.69, 9.17) is 0 Å². The molecule has 0 radical (unpaired) electrons. The standard InChI is InChI=1S/C28H31BrN2O2/c1-3-17-30-28(33)26(18-22-10-5-4-6-11-22)31(20-23-13-15-25(29)16-14-23)27(32)19-24-12-8-7-9-21(24)2/h4-16,26H,3,17-20H2,1-2H3,(H,30,33)/t26-/m0/s1. The molecule has 0 saturated carbocycles. The highest BCUT2D eigenvalue weighted by Gasteiger charge is 2.30. The Bertz CT molecular complexity index is 1050. The summed E-state index contributed by atoms with van der Waals surface area (Å²) < 4.78 is 0.977. The summed E-state index contributed by atoms with van der Waals surface area (Å²) in [5.74, 6) is -0.171. The number of hydrogen-bond acceptors (Lipinski definition) is 2. The molecule has 0 heterocycles. The van der Waals surface area contributed by atoms with Crippen molar-refractivity contribution in [1.82, 2.24) is 10.2 Å². The Kier molecular flexibility index (Phi) is 9.25. The number of carbonyl (C=O) groups excluding carboxylic acids is 2. The summed E-state index contributed by atoms with van der Waals surface area (Å²) in [7, 11) is 0. The van der Waals surface area contributed by atoms with E-state index in [9.17, 15) is 9.59 Å². The van der Waals surface area contributed by atoms with Gasteiger partial charge >= 0.3 is 0 Å². The van der Waals surface area contributed by atoms with Crippen LogP contribution < -0.4 is 5.32 Å². The average molecular weight is 507 g/mol. The Morgan fingerprint density at radius 3 is 2.24 bits per heavy atom. The van der Waals surface area contributed by atoms with Gasteiger partial charge in [0.1, 0.15) is 6.04 Å². The Balaban J connectivity index is 1.95. The van der Waals surface area contributed by atoms with E-state index >= 15 is 0 Å². The number of halogens is 1. The van der Waals surface area contributed by atoms with Gasteiger partial charge in [-0.15, -0.1) is 0 Å². The first-order valence-corrected chi connectivity index (χ1v) is 12.2. The van der Waals surface area contributed by atoms with Gasteiger partial charge < -0.3 is 10.2 Å². The predicted octanol–water partition coefficient (Wildman–Crippen LogP) is 5.47. The van der Waals surface area contributed by atoms with E-state index in [1.165, 1.54) is 0 Å². The van der Waals surface area contributed by atoms with E-state index in [1.807, 2.05) is 92.7 Å². The number of nitrogens with one attached hydrogen (secondary N) is 1. The lowest BCUT2D eigenvalue weighted by Crippen LogP contribution is -2.51. The first-order chi connectivity index (χ1) is 16.0. The fourth-order valence-electron chi connectivity index (χ4n) is 3.78. The second-order valence-corrected chi connectivity index (χ2v) is 9.16. The van der Waals surface area contributed by atoms with E-state index in [2.05, 4.69) is 21.2 Å². The van der Waals surface area contributed by atoms with Crippen LogP contribution >= 0.6 is 15.9 Å². The van der Waals surface area contributed by atoms with Crippen LogP contribution in [0.25, 0.3) is 0 Å². The maximum absolute atomic E-state index is 13.7. The Labute approximate surface area is 205 Å². The number of benzene rings is 3. The van der Waals surface area contributed by atoms with Crippen molar-refractivity contribution in [1.29, 1.82) is 0 Å². The molecule has 0 aliphatic rings. The van der Waals surface area contributed by atoms with Crippen LogP contribution in [-0.2, 0) is 29.0 Å². The second kappa shape index (κ2) is 12.4. The molecule has 2 amide bonds. The molecule has 3 aromatic carbocycles. The van der Waals surface area contributed by atoms with E-state index in [-0.39, 0.29) is 18.2 Å². The number of amides is 2. The zero-order valence-electron chi connectivity index (χ0n) is 19.3. The first-order valence-electron chi connectivity index (χ1n) is 11.4. The lowest BCUT2D eigenvalue weighted by Gasteiger charge is -2.32. The van der Waals surface area contributed by atoms with Crippen molar-refractivity contribution >= 4 is 27.7 Å². The molecular formula is C28H31BrN2O2. The summed E-state index contributed by atoms with van der Waals surface area (Å²) >= 11 is 3.47. The van der Waals surface area contributed by atoms with Gasteiger partial charge in [-0.2, -0.15) is 0 Å². The number of hydrogen-bond donors (Lipinski definition) is 1. The number of rotatable bonds is 10. The van der Waals surface area contributed by atoms with E-state index in [0.29, 0.717) is 19.5 Å². The second-order valence-electron chi connectivity index (χ2n) is 8.25. The average Bonchev–Trinajstić information content (AvgIpc) is 2.83. The van der Waals surface area contributed by atoms with Crippen LogP contribution in [0.3, 0.4) is 0 Å². The topological polar surface area (TPSA) is 49.4 Å². The Morgan fingerprint density at radius 1 is 0.909 bits per heavy atom. The van der Waals surface area contributed by atoms with Crippen LogP contribution in [0.15, 0.2) is 83.3 Å². The van der Waals surface area contributed by atoms with Gasteiger partial charge in [0.15, 0.2) is 0 Å². The highest BCUT2D eigenvalue weighted by molar-refractivity contribution is 9.10. The van der Waals surface area contributed by atoms with Crippen LogP contribution in [0, 0.1) is 6.92 Å². The number of carbonyl (C=O) groups is 2. The normalized spacial score (nSPS) is 11.6. The van der Waals surface area contributed by atoms with Gasteiger partial charge in [0.05, 0.1) is 6.42 Å². The molecule has 0 aliphatic heterocycles. The third-order valence-electron chi connectivity index (χ3n) is 5.69. The van der Waals surface area contributed by atoms with Gasteiger partial charge in [0, 0.05) is 24.0 Å². The van der Waals surface area contributed by atoms with Crippen LogP contribution in [0.5, 0.6) is 0 Å². The molecule has 0 fully saturated rings. The molecule has 0 unspecified atom stereocenters. The van der Waals surface area contributed by atoms with Gasteiger partial charge in [-0.05, 0) is 47.7 Å². The van der Waals surface area contributed by atoms with Gasteiger partial charge in [0.25, 0.3) is 0 Å². The van der Waals surface area contributed by atoms with Crippen molar-refractivity contribution in [3.8, 4) is 0 Å². The van der Waals surface area contributed by atoms with Crippen molar-refractivity contribution in [2.24, 2.45) is 0 Å². The smallest absolute Gasteiger partial charge is 0.243 e. The number of aryl methyl sites for hydroxylation is 1. The molecule has 33 heavy (non-hydrogen) atoms. The zero-order valence-corrected chi connectivity index (χ0v) is 20.8. The third-order valence-corrected chi connectivity index (χ3v) is 6.22. The maximum Gasteiger partial charge on any atom is 0.243 e. The van der Waals surface area contributed by atoms with Crippen LogP contribution in [-0.4, -0.2) is 29.3 Å². The van der Waals surface area contributed by atoms with Crippen molar-refractivity contribution < 1.29 is 9.59 Å². The van der Waals surface area contributed by atoms with Crippen molar-refractivity contribution in [2.45, 2.75) is 45.7 Å². The molecule has 4 nitrogen and oxygen atoms in total. The van der Waals surface area contributed by atoms with E-state index < -0.39 is 6.04 Å². The quantitative estimate of drug-likeness (QED) is 0.396. The van der Waals surface area contributed by atoms with Gasteiger partial charge in [-0.1, -0.05) is 89.6 Å². The van der Waals surface area contributed by atoms with Crippen molar-refractivity contribution in [3.05, 3.63) is 106 Å². The molecule has 3 rings (SSSR count). The van der Waals surface area contributed by atoms with E-state index in [1.54, 1.807) is 4.90 Å². The predicted molar refractivity (Wildman–Crippen MR) is 137 cm³/mol. The highest BCUT2D eigenvalue weighted by Crippen LogP contribution is 2.19. The lowest BCUT2D eigenvalue weighted by atomic mass is 10.00. The van der Waals surface area contributed by atoms with Crippen molar-refractivity contribution in [2.75, 3.05) is 6.54 Å². The van der Waals surface area contributed by atoms with Gasteiger partial charge in [0.2, 0.25) is 11.8 Å². The van der Waals surface area contributed by atoms with Crippen molar-refractivity contribution in [3.63, 3.8) is 0 Å². The number of nitrogens with zero attached hydrogens (tertiary/aromatic N) is 1. The molecule has 0 aliphatic carbocycles. The minimum Gasteiger partial charge on any atom is -0.354 e. The van der Waals surface area contributed by atoms with Gasteiger partial charge in [-0.3, -0.25) is 9.59 Å². The molecule has 1 N–H and O–H groups in total. The van der Waals surface area contributed by atoms with E-state index in [0.717, 1.165) is 33.1 Å². The molecule has 0 saturated heterocycles. The monoisotopic (exact) mass is 506 g/mol. The molecule has 172 valence electrons. The maximum atomic E-state index is 13.7. The molecule has 0 bridgehead atoms. The molecule has 0 spiro atoms. The first kappa shape index (κ1) is 24.7. The molecule has 5 heteroatoms.